The Balaban J connectivity index is 2.60. The van der Waals surface area contributed by atoms with Gasteiger partial charge < -0.3 is 4.74 Å². The van der Waals surface area contributed by atoms with Crippen molar-refractivity contribution in [2.24, 2.45) is 0 Å². The molecule has 2 rings (SSSR count). The summed E-state index contributed by atoms with van der Waals surface area (Å²) in [6.07, 6.45) is 0.121. The van der Waals surface area contributed by atoms with Crippen LogP contribution in [0.3, 0.4) is 0 Å². The molecular weight excluding hydrogens is 195 g/mol. The third-order valence-electron chi connectivity index (χ3n) is 2.11. The molecule has 0 fully saturated rings. The summed E-state index contributed by atoms with van der Waals surface area (Å²) in [5.74, 6) is 0. The van der Waals surface area contributed by atoms with Crippen LogP contribution >= 0.6 is 23.2 Å². The summed E-state index contributed by atoms with van der Waals surface area (Å²) in [7, 11) is 0. The van der Waals surface area contributed by atoms with Gasteiger partial charge >= 0.3 is 0 Å². The van der Waals surface area contributed by atoms with Gasteiger partial charge in [-0.2, -0.15) is 0 Å². The Hall–Kier alpha value is -0.240. The Morgan fingerprint density at radius 3 is 2.92 bits per heavy atom. The standard InChI is InChI=1S/C9H8Cl2O/c1-5-7-2-6(10)3-9(11)8(7)4-12-5/h2-3,5H,4H2,1H3. The number of hydrogen-bond donors (Lipinski definition) is 0. The van der Waals surface area contributed by atoms with Gasteiger partial charge in [0.05, 0.1) is 12.7 Å². The minimum Gasteiger partial charge on any atom is -0.369 e. The minimum absolute atomic E-state index is 0.121. The number of rotatable bonds is 0. The minimum atomic E-state index is 0.121. The first-order valence-electron chi connectivity index (χ1n) is 3.78. The Bertz CT molecular complexity index is 323. The maximum atomic E-state index is 5.98. The van der Waals surface area contributed by atoms with Crippen LogP contribution in [0.25, 0.3) is 0 Å². The molecule has 3 heteroatoms. The van der Waals surface area contributed by atoms with Crippen molar-refractivity contribution >= 4 is 23.2 Å². The van der Waals surface area contributed by atoms with E-state index in [1.807, 2.05) is 13.0 Å². The third-order valence-corrected chi connectivity index (χ3v) is 2.67. The lowest BCUT2D eigenvalue weighted by molar-refractivity contribution is 0.0796. The molecule has 12 heavy (non-hydrogen) atoms. The van der Waals surface area contributed by atoms with E-state index >= 15 is 0 Å². The van der Waals surface area contributed by atoms with Crippen molar-refractivity contribution in [3.63, 3.8) is 0 Å². The Labute approximate surface area is 81.2 Å². The second-order valence-corrected chi connectivity index (χ2v) is 3.75. The van der Waals surface area contributed by atoms with Crippen molar-refractivity contribution in [1.29, 1.82) is 0 Å². The fourth-order valence-electron chi connectivity index (χ4n) is 1.44. The van der Waals surface area contributed by atoms with Gasteiger partial charge in [0.15, 0.2) is 0 Å². The fourth-order valence-corrected chi connectivity index (χ4v) is 2.00. The van der Waals surface area contributed by atoms with E-state index in [0.29, 0.717) is 16.7 Å². The van der Waals surface area contributed by atoms with E-state index in [2.05, 4.69) is 0 Å². The zero-order valence-corrected chi connectivity index (χ0v) is 8.12. The highest BCUT2D eigenvalue weighted by Gasteiger charge is 2.21. The molecule has 0 amide bonds. The molecule has 0 saturated carbocycles. The molecule has 1 aliphatic heterocycles. The Morgan fingerprint density at radius 1 is 1.42 bits per heavy atom. The fraction of sp³-hybridized carbons (Fsp3) is 0.333. The van der Waals surface area contributed by atoms with E-state index in [9.17, 15) is 0 Å². The van der Waals surface area contributed by atoms with Gasteiger partial charge in [0, 0.05) is 15.6 Å². The molecule has 1 aromatic rings. The van der Waals surface area contributed by atoms with Crippen LogP contribution in [0.5, 0.6) is 0 Å². The van der Waals surface area contributed by atoms with Crippen LogP contribution < -0.4 is 0 Å². The normalized spacial score (nSPS) is 21.1. The molecular formula is C9H8Cl2O. The first-order valence-corrected chi connectivity index (χ1v) is 4.53. The maximum Gasteiger partial charge on any atom is 0.0805 e. The molecule has 0 aromatic heterocycles. The predicted molar refractivity (Wildman–Crippen MR) is 49.7 cm³/mol. The van der Waals surface area contributed by atoms with Crippen LogP contribution in [-0.2, 0) is 11.3 Å². The van der Waals surface area contributed by atoms with Crippen molar-refractivity contribution in [3.8, 4) is 0 Å². The largest absolute Gasteiger partial charge is 0.369 e. The van der Waals surface area contributed by atoms with Crippen LogP contribution in [-0.4, -0.2) is 0 Å². The summed E-state index contributed by atoms with van der Waals surface area (Å²) in [6, 6.07) is 3.67. The summed E-state index contributed by atoms with van der Waals surface area (Å²) < 4.78 is 5.42. The highest BCUT2D eigenvalue weighted by Crippen LogP contribution is 2.36. The van der Waals surface area contributed by atoms with Gasteiger partial charge in [-0.15, -0.1) is 0 Å². The molecule has 0 spiro atoms. The molecule has 0 bridgehead atoms. The van der Waals surface area contributed by atoms with Crippen molar-refractivity contribution in [1.82, 2.24) is 0 Å². The van der Waals surface area contributed by atoms with Crippen LogP contribution in [0.15, 0.2) is 12.1 Å². The second kappa shape index (κ2) is 2.91. The molecule has 1 aliphatic rings. The van der Waals surface area contributed by atoms with Gasteiger partial charge in [0.2, 0.25) is 0 Å². The van der Waals surface area contributed by atoms with E-state index in [0.717, 1.165) is 11.1 Å². The number of hydrogen-bond acceptors (Lipinski definition) is 1. The highest BCUT2D eigenvalue weighted by molar-refractivity contribution is 6.35. The first kappa shape index (κ1) is 8.36. The summed E-state index contributed by atoms with van der Waals surface area (Å²) >= 11 is 11.8. The summed E-state index contributed by atoms with van der Waals surface area (Å²) in [5, 5.41) is 1.39. The summed E-state index contributed by atoms with van der Waals surface area (Å²) in [4.78, 5) is 0. The van der Waals surface area contributed by atoms with Crippen molar-refractivity contribution < 1.29 is 4.74 Å². The lowest BCUT2D eigenvalue weighted by Crippen LogP contribution is -1.87. The average Bonchev–Trinajstić information content (AvgIpc) is 2.33. The molecule has 1 heterocycles. The quantitative estimate of drug-likeness (QED) is 0.626. The van der Waals surface area contributed by atoms with Crippen LogP contribution in [0, 0.1) is 0 Å². The lowest BCUT2D eigenvalue weighted by Gasteiger charge is -2.04. The summed E-state index contributed by atoms with van der Waals surface area (Å²) in [5.41, 5.74) is 2.20. The van der Waals surface area contributed by atoms with Crippen LogP contribution in [0.4, 0.5) is 0 Å². The molecule has 1 nitrogen and oxygen atoms in total. The van der Waals surface area contributed by atoms with Gasteiger partial charge in [0.25, 0.3) is 0 Å². The van der Waals surface area contributed by atoms with E-state index in [1.54, 1.807) is 6.07 Å². The van der Waals surface area contributed by atoms with Crippen LogP contribution in [0.1, 0.15) is 24.2 Å². The molecule has 64 valence electrons. The van der Waals surface area contributed by atoms with E-state index in [1.165, 1.54) is 0 Å². The molecule has 0 saturated heterocycles. The van der Waals surface area contributed by atoms with Crippen molar-refractivity contribution in [2.45, 2.75) is 19.6 Å². The zero-order chi connectivity index (χ0) is 8.72. The summed E-state index contributed by atoms with van der Waals surface area (Å²) in [6.45, 7) is 2.60. The zero-order valence-electron chi connectivity index (χ0n) is 6.60. The molecule has 0 N–H and O–H groups in total. The highest BCUT2D eigenvalue weighted by atomic mass is 35.5. The second-order valence-electron chi connectivity index (χ2n) is 2.91. The SMILES string of the molecule is CC1OCc2c(Cl)cc(Cl)cc21. The maximum absolute atomic E-state index is 5.98. The molecule has 0 radical (unpaired) electrons. The molecule has 1 unspecified atom stereocenters. The van der Waals surface area contributed by atoms with Crippen molar-refractivity contribution in [3.05, 3.63) is 33.3 Å². The van der Waals surface area contributed by atoms with Gasteiger partial charge in [-0.3, -0.25) is 0 Å². The topological polar surface area (TPSA) is 9.23 Å². The van der Waals surface area contributed by atoms with Gasteiger partial charge in [-0.05, 0) is 24.6 Å². The Kier molecular flexibility index (Phi) is 2.03. The molecule has 0 aliphatic carbocycles. The smallest absolute Gasteiger partial charge is 0.0805 e. The van der Waals surface area contributed by atoms with E-state index in [-0.39, 0.29) is 6.10 Å². The molecule has 1 aromatic carbocycles. The Morgan fingerprint density at radius 2 is 2.17 bits per heavy atom. The van der Waals surface area contributed by atoms with Crippen molar-refractivity contribution in [2.75, 3.05) is 0 Å². The number of benzene rings is 1. The number of halogens is 2. The number of ether oxygens (including phenoxy) is 1. The van der Waals surface area contributed by atoms with E-state index in [4.69, 9.17) is 27.9 Å². The predicted octanol–water partition coefficient (Wildman–Crippen LogP) is 3.58. The van der Waals surface area contributed by atoms with Gasteiger partial charge in [-0.1, -0.05) is 23.2 Å². The first-order chi connectivity index (χ1) is 5.68. The van der Waals surface area contributed by atoms with Gasteiger partial charge in [-0.25, -0.2) is 0 Å². The lowest BCUT2D eigenvalue weighted by atomic mass is 10.1. The number of fused-ring (bicyclic) bond motifs is 1. The third kappa shape index (κ3) is 1.22. The average molecular weight is 203 g/mol. The monoisotopic (exact) mass is 202 g/mol. The van der Waals surface area contributed by atoms with Gasteiger partial charge in [0.1, 0.15) is 0 Å². The molecule has 1 atom stereocenters. The van der Waals surface area contributed by atoms with E-state index < -0.39 is 0 Å². The van der Waals surface area contributed by atoms with Crippen LogP contribution in [0.2, 0.25) is 10.0 Å².